The number of methoxy groups -OCH3 is 1. The summed E-state index contributed by atoms with van der Waals surface area (Å²) in [5, 5.41) is 9.88. The number of phenols is 1. The number of rotatable bonds is 3. The van der Waals surface area contributed by atoms with Crippen molar-refractivity contribution in [3.05, 3.63) is 53.6 Å². The van der Waals surface area contributed by atoms with Gasteiger partial charge in [-0.3, -0.25) is 4.90 Å². The zero-order chi connectivity index (χ0) is 15.5. The third-order valence-corrected chi connectivity index (χ3v) is 3.70. The summed E-state index contributed by atoms with van der Waals surface area (Å²) in [6, 6.07) is 12.9. The average Bonchev–Trinajstić information content (AvgIpc) is 2.97. The van der Waals surface area contributed by atoms with Crippen molar-refractivity contribution in [2.45, 2.75) is 13.0 Å². The molecule has 2 aromatic carbocycles. The highest BCUT2D eigenvalue weighted by Crippen LogP contribution is 2.43. The third-order valence-electron chi connectivity index (χ3n) is 3.70. The zero-order valence-corrected chi connectivity index (χ0v) is 12.3. The van der Waals surface area contributed by atoms with Crippen LogP contribution in [0.5, 0.6) is 11.5 Å². The average molecular weight is 299 g/mol. The maximum absolute atomic E-state index is 12.3. The Morgan fingerprint density at radius 1 is 1.23 bits per heavy atom. The number of aromatic hydroxyl groups is 1. The van der Waals surface area contributed by atoms with Crippen molar-refractivity contribution >= 4 is 11.8 Å². The van der Waals surface area contributed by atoms with Crippen LogP contribution < -0.4 is 9.64 Å². The lowest BCUT2D eigenvalue weighted by molar-refractivity contribution is 0.147. The van der Waals surface area contributed by atoms with Crippen LogP contribution in [0.4, 0.5) is 10.5 Å². The van der Waals surface area contributed by atoms with E-state index in [1.165, 1.54) is 12.0 Å². The molecule has 1 heterocycles. The molecule has 0 saturated heterocycles. The van der Waals surface area contributed by atoms with Crippen molar-refractivity contribution in [1.82, 2.24) is 0 Å². The zero-order valence-electron chi connectivity index (χ0n) is 12.3. The largest absolute Gasteiger partial charge is 0.504 e. The van der Waals surface area contributed by atoms with E-state index < -0.39 is 6.09 Å². The molecule has 1 aliphatic heterocycles. The van der Waals surface area contributed by atoms with Gasteiger partial charge in [0.05, 0.1) is 12.8 Å². The van der Waals surface area contributed by atoms with Gasteiger partial charge in [-0.2, -0.15) is 0 Å². The SMILES string of the molecule is COc1c(O)ccc2c1N(C(=O)OCc1ccccc1)CC2. The molecule has 0 aliphatic carbocycles. The summed E-state index contributed by atoms with van der Waals surface area (Å²) < 4.78 is 10.6. The van der Waals surface area contributed by atoms with E-state index >= 15 is 0 Å². The first-order valence-corrected chi connectivity index (χ1v) is 7.07. The lowest BCUT2D eigenvalue weighted by Crippen LogP contribution is -2.29. The van der Waals surface area contributed by atoms with Crippen molar-refractivity contribution in [1.29, 1.82) is 0 Å². The van der Waals surface area contributed by atoms with Gasteiger partial charge in [0.2, 0.25) is 0 Å². The predicted molar refractivity (Wildman–Crippen MR) is 82.3 cm³/mol. The van der Waals surface area contributed by atoms with Gasteiger partial charge in [0.25, 0.3) is 0 Å². The standard InChI is InChI=1S/C17H17NO4/c1-21-16-14(19)8-7-13-9-10-18(15(13)16)17(20)22-11-12-5-3-2-4-6-12/h2-8,19H,9-11H2,1H3. The fourth-order valence-electron chi connectivity index (χ4n) is 2.62. The van der Waals surface area contributed by atoms with Crippen LogP contribution in [0.25, 0.3) is 0 Å². The van der Waals surface area contributed by atoms with Crippen LogP contribution in [0.1, 0.15) is 11.1 Å². The Kier molecular flexibility index (Phi) is 3.87. The fraction of sp³-hybridized carbons (Fsp3) is 0.235. The van der Waals surface area contributed by atoms with Crippen LogP contribution in [0.2, 0.25) is 0 Å². The topological polar surface area (TPSA) is 59.0 Å². The quantitative estimate of drug-likeness (QED) is 0.946. The molecule has 0 unspecified atom stereocenters. The Morgan fingerprint density at radius 3 is 2.73 bits per heavy atom. The summed E-state index contributed by atoms with van der Waals surface area (Å²) in [4.78, 5) is 13.8. The number of benzene rings is 2. The normalized spacial score (nSPS) is 12.9. The van der Waals surface area contributed by atoms with Crippen LogP contribution in [0.15, 0.2) is 42.5 Å². The summed E-state index contributed by atoms with van der Waals surface area (Å²) in [5.41, 5.74) is 2.49. The Morgan fingerprint density at radius 2 is 2.00 bits per heavy atom. The number of carbonyl (C=O) groups excluding carboxylic acids is 1. The second-order valence-corrected chi connectivity index (χ2v) is 5.07. The molecular formula is C17H17NO4. The van der Waals surface area contributed by atoms with Gasteiger partial charge in [-0.1, -0.05) is 36.4 Å². The van der Waals surface area contributed by atoms with Crippen LogP contribution in [-0.4, -0.2) is 24.9 Å². The van der Waals surface area contributed by atoms with E-state index in [1.807, 2.05) is 30.3 Å². The van der Waals surface area contributed by atoms with Gasteiger partial charge in [0.1, 0.15) is 6.61 Å². The second kappa shape index (κ2) is 5.97. The van der Waals surface area contributed by atoms with Crippen molar-refractivity contribution in [3.63, 3.8) is 0 Å². The maximum atomic E-state index is 12.3. The molecule has 1 amide bonds. The van der Waals surface area contributed by atoms with Crippen molar-refractivity contribution in [3.8, 4) is 11.5 Å². The lowest BCUT2D eigenvalue weighted by atomic mass is 10.1. The molecular weight excluding hydrogens is 282 g/mol. The molecule has 0 atom stereocenters. The van der Waals surface area contributed by atoms with Crippen LogP contribution in [0.3, 0.4) is 0 Å². The first-order valence-electron chi connectivity index (χ1n) is 7.07. The van der Waals surface area contributed by atoms with Gasteiger partial charge >= 0.3 is 6.09 Å². The van der Waals surface area contributed by atoms with Crippen LogP contribution >= 0.6 is 0 Å². The molecule has 22 heavy (non-hydrogen) atoms. The minimum atomic E-state index is -0.438. The molecule has 1 N–H and O–H groups in total. The van der Waals surface area contributed by atoms with Gasteiger partial charge in [0.15, 0.2) is 11.5 Å². The number of hydrogen-bond acceptors (Lipinski definition) is 4. The van der Waals surface area contributed by atoms with E-state index in [9.17, 15) is 9.90 Å². The number of hydrogen-bond donors (Lipinski definition) is 1. The van der Waals surface area contributed by atoms with Gasteiger partial charge in [-0.15, -0.1) is 0 Å². The number of phenolic OH excluding ortho intramolecular Hbond substituents is 1. The van der Waals surface area contributed by atoms with E-state index in [2.05, 4.69) is 0 Å². The summed E-state index contributed by atoms with van der Waals surface area (Å²) in [5.74, 6) is 0.329. The molecule has 0 spiro atoms. The summed E-state index contributed by atoms with van der Waals surface area (Å²) >= 11 is 0. The molecule has 114 valence electrons. The Bertz CT molecular complexity index is 685. The van der Waals surface area contributed by atoms with E-state index in [0.717, 1.165) is 11.1 Å². The van der Waals surface area contributed by atoms with Gasteiger partial charge in [-0.25, -0.2) is 4.79 Å². The number of nitrogens with zero attached hydrogens (tertiary/aromatic N) is 1. The molecule has 2 aromatic rings. The highest BCUT2D eigenvalue weighted by Gasteiger charge is 2.30. The van der Waals surface area contributed by atoms with Gasteiger partial charge in [-0.05, 0) is 23.6 Å². The minimum absolute atomic E-state index is 0.0176. The third kappa shape index (κ3) is 2.57. The highest BCUT2D eigenvalue weighted by molar-refractivity contribution is 5.93. The number of carbonyl (C=O) groups is 1. The van der Waals surface area contributed by atoms with E-state index in [4.69, 9.17) is 9.47 Å². The molecule has 5 nitrogen and oxygen atoms in total. The molecule has 1 aliphatic rings. The Balaban J connectivity index is 1.78. The van der Waals surface area contributed by atoms with Gasteiger partial charge < -0.3 is 14.6 Å². The van der Waals surface area contributed by atoms with E-state index in [1.54, 1.807) is 12.1 Å². The minimum Gasteiger partial charge on any atom is -0.504 e. The molecule has 0 fully saturated rings. The smallest absolute Gasteiger partial charge is 0.414 e. The van der Waals surface area contributed by atoms with Gasteiger partial charge in [0, 0.05) is 6.54 Å². The number of anilines is 1. The molecule has 0 aromatic heterocycles. The van der Waals surface area contributed by atoms with Crippen LogP contribution in [-0.2, 0) is 17.8 Å². The lowest BCUT2D eigenvalue weighted by Gasteiger charge is -2.19. The molecule has 5 heteroatoms. The first-order chi connectivity index (χ1) is 10.7. The second-order valence-electron chi connectivity index (χ2n) is 5.07. The van der Waals surface area contributed by atoms with Crippen LogP contribution in [0, 0.1) is 0 Å². The monoisotopic (exact) mass is 299 g/mol. The van der Waals surface area contributed by atoms with Crippen molar-refractivity contribution in [2.75, 3.05) is 18.6 Å². The summed E-state index contributed by atoms with van der Waals surface area (Å²) in [6.07, 6.45) is 0.276. The fourth-order valence-corrected chi connectivity index (χ4v) is 2.62. The highest BCUT2D eigenvalue weighted by atomic mass is 16.6. The first kappa shape index (κ1) is 14.3. The molecule has 0 bridgehead atoms. The summed E-state index contributed by atoms with van der Waals surface area (Å²) in [7, 11) is 1.47. The summed E-state index contributed by atoms with van der Waals surface area (Å²) in [6.45, 7) is 0.732. The number of fused-ring (bicyclic) bond motifs is 1. The Labute approximate surface area is 128 Å². The Hall–Kier alpha value is -2.69. The van der Waals surface area contributed by atoms with Crippen molar-refractivity contribution < 1.29 is 19.4 Å². The molecule has 0 radical (unpaired) electrons. The number of ether oxygens (including phenoxy) is 2. The van der Waals surface area contributed by atoms with Crippen molar-refractivity contribution in [2.24, 2.45) is 0 Å². The molecule has 0 saturated carbocycles. The maximum Gasteiger partial charge on any atom is 0.414 e. The van der Waals surface area contributed by atoms with E-state index in [0.29, 0.717) is 24.4 Å². The predicted octanol–water partition coefficient (Wildman–Crippen LogP) is 3.10. The van der Waals surface area contributed by atoms with E-state index in [-0.39, 0.29) is 12.4 Å². The molecule has 3 rings (SSSR count). The number of amides is 1.